The highest BCUT2D eigenvalue weighted by Crippen LogP contribution is 2.17. The topological polar surface area (TPSA) is 61.8 Å². The lowest BCUT2D eigenvalue weighted by molar-refractivity contribution is -0.137. The van der Waals surface area contributed by atoms with Crippen LogP contribution in [0.25, 0.3) is 0 Å². The van der Waals surface area contributed by atoms with E-state index in [2.05, 4.69) is 0 Å². The van der Waals surface area contributed by atoms with E-state index >= 15 is 0 Å². The van der Waals surface area contributed by atoms with Crippen LogP contribution in [0.2, 0.25) is 0 Å². The second-order valence-electron chi connectivity index (χ2n) is 5.79. The first-order valence-electron chi connectivity index (χ1n) is 8.71. The number of rotatable bonds is 13. The fourth-order valence-corrected chi connectivity index (χ4v) is 2.33. The highest BCUT2D eigenvalue weighted by molar-refractivity contribution is 5.81. The maximum Gasteiger partial charge on any atom is 0.333 e. The summed E-state index contributed by atoms with van der Waals surface area (Å²) in [4.78, 5) is 22.0. The first-order chi connectivity index (χ1) is 12.2. The van der Waals surface area contributed by atoms with Gasteiger partial charge in [0.05, 0.1) is 25.6 Å². The van der Waals surface area contributed by atoms with Crippen molar-refractivity contribution in [3.63, 3.8) is 0 Å². The minimum Gasteiger partial charge on any atom is -0.497 e. The van der Waals surface area contributed by atoms with Crippen LogP contribution >= 0.6 is 0 Å². The van der Waals surface area contributed by atoms with E-state index in [1.807, 2.05) is 37.3 Å². The lowest BCUT2D eigenvalue weighted by Crippen LogP contribution is -2.21. The molecule has 0 saturated heterocycles. The zero-order valence-corrected chi connectivity index (χ0v) is 15.1. The molecular formula is C20H28O5. The zero-order chi connectivity index (χ0) is 18.3. The number of carbonyl (C=O) groups is 2. The molecule has 0 aliphatic rings. The summed E-state index contributed by atoms with van der Waals surface area (Å²) in [5.74, 6) is -0.367. The third kappa shape index (κ3) is 9.67. The number of aldehydes is 1. The largest absolute Gasteiger partial charge is 0.497 e. The number of carbonyl (C=O) groups excluding carboxylic acids is 2. The standard InChI is InChI=1S/C20H28O5/c1-3-24-20(22)12-15-25-19(17(2)11-13-21)10-7-14-23-16-18-8-5-4-6-9-18/h4-6,8-9,12-13,15,17,19H,3,7,10-11,14,16H2,1-2H3/b15-12+/t17-,19-/m0/s1. The Kier molecular flexibility index (Phi) is 11.0. The Morgan fingerprint density at radius 1 is 1.24 bits per heavy atom. The molecule has 1 aromatic carbocycles. The Bertz CT molecular complexity index is 512. The van der Waals surface area contributed by atoms with Gasteiger partial charge in [-0.25, -0.2) is 4.79 Å². The fraction of sp³-hybridized carbons (Fsp3) is 0.500. The van der Waals surface area contributed by atoms with Crippen molar-refractivity contribution in [1.82, 2.24) is 0 Å². The van der Waals surface area contributed by atoms with Crippen LogP contribution in [0.3, 0.4) is 0 Å². The first kappa shape index (κ1) is 20.9. The van der Waals surface area contributed by atoms with E-state index in [9.17, 15) is 9.59 Å². The lowest BCUT2D eigenvalue weighted by atomic mass is 9.97. The third-order valence-corrected chi connectivity index (χ3v) is 3.74. The van der Waals surface area contributed by atoms with Crippen LogP contribution in [0.4, 0.5) is 0 Å². The van der Waals surface area contributed by atoms with Gasteiger partial charge in [0.1, 0.15) is 12.4 Å². The van der Waals surface area contributed by atoms with E-state index in [-0.39, 0.29) is 12.0 Å². The van der Waals surface area contributed by atoms with Gasteiger partial charge >= 0.3 is 5.97 Å². The maximum absolute atomic E-state index is 11.3. The van der Waals surface area contributed by atoms with E-state index in [0.717, 1.165) is 24.7 Å². The smallest absolute Gasteiger partial charge is 0.333 e. The van der Waals surface area contributed by atoms with Gasteiger partial charge in [0.15, 0.2) is 0 Å². The molecule has 25 heavy (non-hydrogen) atoms. The lowest BCUT2D eigenvalue weighted by Gasteiger charge is -2.22. The number of esters is 1. The van der Waals surface area contributed by atoms with E-state index in [1.54, 1.807) is 6.92 Å². The normalized spacial score (nSPS) is 13.4. The Morgan fingerprint density at radius 2 is 2.00 bits per heavy atom. The minimum absolute atomic E-state index is 0.0680. The molecule has 0 bridgehead atoms. The van der Waals surface area contributed by atoms with Gasteiger partial charge in [0.25, 0.3) is 0 Å². The molecule has 0 aliphatic carbocycles. The van der Waals surface area contributed by atoms with Crippen LogP contribution in [0.1, 0.15) is 38.7 Å². The molecule has 0 aliphatic heterocycles. The quantitative estimate of drug-likeness (QED) is 0.179. The predicted molar refractivity (Wildman–Crippen MR) is 95.8 cm³/mol. The molecular weight excluding hydrogens is 320 g/mol. The van der Waals surface area contributed by atoms with Gasteiger partial charge in [-0.15, -0.1) is 0 Å². The SMILES string of the molecule is CCOC(=O)/C=C/O[C@@H](CCCOCc1ccccc1)[C@@H](C)CC=O. The van der Waals surface area contributed by atoms with E-state index in [1.165, 1.54) is 12.3 Å². The molecule has 0 saturated carbocycles. The zero-order valence-electron chi connectivity index (χ0n) is 15.1. The molecule has 0 heterocycles. The summed E-state index contributed by atoms with van der Waals surface area (Å²) in [6, 6.07) is 10.00. The van der Waals surface area contributed by atoms with Crippen molar-refractivity contribution in [2.75, 3.05) is 13.2 Å². The predicted octanol–water partition coefficient (Wildman–Crippen LogP) is 3.67. The van der Waals surface area contributed by atoms with E-state index < -0.39 is 5.97 Å². The first-order valence-corrected chi connectivity index (χ1v) is 8.71. The molecule has 0 spiro atoms. The molecule has 5 heteroatoms. The number of benzene rings is 1. The summed E-state index contributed by atoms with van der Waals surface area (Å²) < 4.78 is 16.1. The molecule has 0 radical (unpaired) electrons. The monoisotopic (exact) mass is 348 g/mol. The van der Waals surface area contributed by atoms with E-state index in [4.69, 9.17) is 14.2 Å². The van der Waals surface area contributed by atoms with Crippen LogP contribution in [-0.4, -0.2) is 31.6 Å². The number of hydrogen-bond acceptors (Lipinski definition) is 5. The maximum atomic E-state index is 11.3. The van der Waals surface area contributed by atoms with Gasteiger partial charge in [0, 0.05) is 13.0 Å². The Hall–Kier alpha value is -2.14. The average molecular weight is 348 g/mol. The van der Waals surface area contributed by atoms with Crippen LogP contribution in [0.5, 0.6) is 0 Å². The fourth-order valence-electron chi connectivity index (χ4n) is 2.33. The van der Waals surface area contributed by atoms with Crippen molar-refractivity contribution in [3.8, 4) is 0 Å². The summed E-state index contributed by atoms with van der Waals surface area (Å²) in [5.41, 5.74) is 1.14. The molecule has 0 unspecified atom stereocenters. The molecule has 138 valence electrons. The average Bonchev–Trinajstić information content (AvgIpc) is 2.61. The second kappa shape index (κ2) is 13.2. The van der Waals surface area contributed by atoms with Crippen molar-refractivity contribution in [1.29, 1.82) is 0 Å². The van der Waals surface area contributed by atoms with Crippen LogP contribution in [0, 0.1) is 5.92 Å². The van der Waals surface area contributed by atoms with Gasteiger partial charge < -0.3 is 19.0 Å². The Labute approximate surface area is 150 Å². The number of ether oxygens (including phenoxy) is 3. The van der Waals surface area contributed by atoms with Gasteiger partial charge in [-0.05, 0) is 31.2 Å². The summed E-state index contributed by atoms with van der Waals surface area (Å²) in [5, 5.41) is 0. The number of hydrogen-bond donors (Lipinski definition) is 0. The highest BCUT2D eigenvalue weighted by atomic mass is 16.5. The third-order valence-electron chi connectivity index (χ3n) is 3.74. The highest BCUT2D eigenvalue weighted by Gasteiger charge is 2.17. The summed E-state index contributed by atoms with van der Waals surface area (Å²) in [7, 11) is 0. The van der Waals surface area contributed by atoms with Crippen molar-refractivity contribution in [2.45, 2.75) is 45.8 Å². The van der Waals surface area contributed by atoms with Crippen molar-refractivity contribution in [3.05, 3.63) is 48.2 Å². The van der Waals surface area contributed by atoms with Crippen LogP contribution in [0.15, 0.2) is 42.7 Å². The molecule has 1 rings (SSSR count). The van der Waals surface area contributed by atoms with Gasteiger partial charge in [-0.2, -0.15) is 0 Å². The minimum atomic E-state index is -0.435. The van der Waals surface area contributed by atoms with Crippen molar-refractivity contribution in [2.24, 2.45) is 5.92 Å². The molecule has 2 atom stereocenters. The summed E-state index contributed by atoms with van der Waals surface area (Å²) in [6.07, 6.45) is 5.34. The molecule has 5 nitrogen and oxygen atoms in total. The second-order valence-corrected chi connectivity index (χ2v) is 5.79. The Morgan fingerprint density at radius 3 is 2.68 bits per heavy atom. The van der Waals surface area contributed by atoms with Gasteiger partial charge in [0.2, 0.25) is 0 Å². The van der Waals surface area contributed by atoms with Crippen molar-refractivity contribution < 1.29 is 23.8 Å². The van der Waals surface area contributed by atoms with Gasteiger partial charge in [-0.1, -0.05) is 37.3 Å². The molecule has 0 amide bonds. The van der Waals surface area contributed by atoms with Crippen LogP contribution in [-0.2, 0) is 30.4 Å². The summed E-state index contributed by atoms with van der Waals surface area (Å²) in [6.45, 7) is 5.23. The van der Waals surface area contributed by atoms with Crippen LogP contribution < -0.4 is 0 Å². The van der Waals surface area contributed by atoms with E-state index in [0.29, 0.717) is 26.2 Å². The summed E-state index contributed by atoms with van der Waals surface area (Å²) >= 11 is 0. The molecule has 1 aromatic rings. The van der Waals surface area contributed by atoms with Gasteiger partial charge in [-0.3, -0.25) is 0 Å². The molecule has 0 aromatic heterocycles. The van der Waals surface area contributed by atoms with Crippen molar-refractivity contribution >= 4 is 12.3 Å². The Balaban J connectivity index is 2.34. The molecule has 0 fully saturated rings. The molecule has 0 N–H and O–H groups in total.